The molecule has 4 aromatic rings. The molecular weight excluding hydrogens is 423 g/mol. The topological polar surface area (TPSA) is 42.0 Å². The Labute approximate surface area is 183 Å². The van der Waals surface area contributed by atoms with Crippen LogP contribution in [0.4, 0.5) is 0 Å². The van der Waals surface area contributed by atoms with Crippen molar-refractivity contribution in [2.75, 3.05) is 0 Å². The number of benzene rings is 3. The number of pyridine rings is 1. The summed E-state index contributed by atoms with van der Waals surface area (Å²) in [5, 5.41) is 5.83. The molecule has 0 spiro atoms. The van der Waals surface area contributed by atoms with Gasteiger partial charge in [0.05, 0.1) is 16.1 Å². The molecule has 0 saturated heterocycles. The van der Waals surface area contributed by atoms with Crippen molar-refractivity contribution >= 4 is 51.8 Å². The first-order valence-electron chi connectivity index (χ1n) is 8.95. The summed E-state index contributed by atoms with van der Waals surface area (Å²) in [6.45, 7) is 0.416. The lowest BCUT2D eigenvalue weighted by Crippen LogP contribution is -2.23. The van der Waals surface area contributed by atoms with Crippen LogP contribution in [0.15, 0.2) is 88.8 Å². The Morgan fingerprint density at radius 3 is 2.45 bits per heavy atom. The Kier molecular flexibility index (Phi) is 6.05. The lowest BCUT2D eigenvalue weighted by Gasteiger charge is -2.11. The third kappa shape index (κ3) is 4.73. The second kappa shape index (κ2) is 8.87. The van der Waals surface area contributed by atoms with E-state index in [2.05, 4.69) is 5.32 Å². The Morgan fingerprint density at radius 1 is 0.931 bits per heavy atom. The summed E-state index contributed by atoms with van der Waals surface area (Å²) >= 11 is 13.6. The van der Waals surface area contributed by atoms with Gasteiger partial charge in [-0.15, -0.1) is 0 Å². The predicted octanol–water partition coefficient (Wildman–Crippen LogP) is 6.62. The maximum Gasteiger partial charge on any atom is 0.252 e. The van der Waals surface area contributed by atoms with Crippen molar-refractivity contribution in [3.05, 3.63) is 100 Å². The van der Waals surface area contributed by atoms with E-state index in [1.54, 1.807) is 0 Å². The van der Waals surface area contributed by atoms with Gasteiger partial charge in [-0.25, -0.2) is 4.98 Å². The van der Waals surface area contributed by atoms with E-state index in [9.17, 15) is 4.79 Å². The quantitative estimate of drug-likeness (QED) is 0.380. The number of carbonyl (C=O) groups is 1. The zero-order chi connectivity index (χ0) is 20.2. The highest BCUT2D eigenvalue weighted by Crippen LogP contribution is 2.34. The average molecular weight is 439 g/mol. The van der Waals surface area contributed by atoms with E-state index in [0.717, 1.165) is 21.4 Å². The maximum absolute atomic E-state index is 13.0. The molecule has 0 bridgehead atoms. The third-order valence-corrected chi connectivity index (χ3v) is 6.04. The normalized spacial score (nSPS) is 10.8. The van der Waals surface area contributed by atoms with Crippen molar-refractivity contribution in [1.29, 1.82) is 0 Å². The molecule has 0 radical (unpaired) electrons. The van der Waals surface area contributed by atoms with Crippen molar-refractivity contribution in [1.82, 2.24) is 10.3 Å². The number of hydrogen-bond donors (Lipinski definition) is 1. The number of amides is 1. The maximum atomic E-state index is 13.0. The van der Waals surface area contributed by atoms with E-state index in [1.807, 2.05) is 78.9 Å². The summed E-state index contributed by atoms with van der Waals surface area (Å²) in [7, 11) is 0. The van der Waals surface area contributed by atoms with E-state index >= 15 is 0 Å². The number of nitrogens with zero attached hydrogens (tertiary/aromatic N) is 1. The summed E-state index contributed by atoms with van der Waals surface area (Å²) in [4.78, 5) is 18.6. The Hall–Kier alpha value is -2.53. The Morgan fingerprint density at radius 2 is 1.66 bits per heavy atom. The van der Waals surface area contributed by atoms with Crippen LogP contribution in [0.5, 0.6) is 0 Å². The first kappa shape index (κ1) is 19.8. The highest BCUT2D eigenvalue weighted by Gasteiger charge is 2.14. The second-order valence-electron chi connectivity index (χ2n) is 6.37. The summed E-state index contributed by atoms with van der Waals surface area (Å²) < 4.78 is 0. The van der Waals surface area contributed by atoms with Crippen molar-refractivity contribution in [2.24, 2.45) is 0 Å². The molecule has 144 valence electrons. The van der Waals surface area contributed by atoms with Crippen LogP contribution in [0.25, 0.3) is 10.9 Å². The van der Waals surface area contributed by atoms with Crippen molar-refractivity contribution in [3.8, 4) is 0 Å². The molecular formula is C23H16Cl2N2OS. The van der Waals surface area contributed by atoms with Crippen LogP contribution >= 0.6 is 35.0 Å². The van der Waals surface area contributed by atoms with E-state index in [1.165, 1.54) is 11.8 Å². The number of rotatable bonds is 5. The number of aromatic nitrogens is 1. The fourth-order valence-electron chi connectivity index (χ4n) is 2.91. The number of para-hydroxylation sites is 1. The van der Waals surface area contributed by atoms with Crippen molar-refractivity contribution in [3.63, 3.8) is 0 Å². The van der Waals surface area contributed by atoms with Gasteiger partial charge in [-0.2, -0.15) is 0 Å². The van der Waals surface area contributed by atoms with Crippen LogP contribution in [0.2, 0.25) is 10.0 Å². The van der Waals surface area contributed by atoms with Crippen LogP contribution < -0.4 is 5.32 Å². The van der Waals surface area contributed by atoms with Crippen LogP contribution in [0.3, 0.4) is 0 Å². The molecule has 1 aromatic heterocycles. The Bertz CT molecular complexity index is 1180. The first-order valence-corrected chi connectivity index (χ1v) is 10.5. The van der Waals surface area contributed by atoms with Crippen molar-refractivity contribution in [2.45, 2.75) is 16.5 Å². The second-order valence-corrected chi connectivity index (χ2v) is 8.27. The summed E-state index contributed by atoms with van der Waals surface area (Å²) in [5.41, 5.74) is 2.33. The number of halogens is 2. The van der Waals surface area contributed by atoms with Crippen LogP contribution in [-0.2, 0) is 6.54 Å². The minimum absolute atomic E-state index is 0.153. The molecule has 0 aliphatic carbocycles. The van der Waals surface area contributed by atoms with Gasteiger partial charge in [0.25, 0.3) is 5.91 Å². The number of carbonyl (C=O) groups excluding carboxylic acids is 1. The van der Waals surface area contributed by atoms with Gasteiger partial charge in [-0.05, 0) is 42.0 Å². The molecule has 3 aromatic carbocycles. The molecule has 1 heterocycles. The Balaban J connectivity index is 1.64. The molecule has 29 heavy (non-hydrogen) atoms. The molecule has 4 rings (SSSR count). The molecule has 0 unspecified atom stereocenters. The van der Waals surface area contributed by atoms with E-state index in [-0.39, 0.29) is 5.91 Å². The highest BCUT2D eigenvalue weighted by atomic mass is 35.5. The van der Waals surface area contributed by atoms with Gasteiger partial charge in [0.1, 0.15) is 5.03 Å². The zero-order valence-corrected chi connectivity index (χ0v) is 17.6. The fourth-order valence-corrected chi connectivity index (χ4v) is 4.15. The summed E-state index contributed by atoms with van der Waals surface area (Å²) in [6.07, 6.45) is 0. The van der Waals surface area contributed by atoms with Crippen LogP contribution in [-0.4, -0.2) is 10.9 Å². The first-order chi connectivity index (χ1) is 14.1. The van der Waals surface area contributed by atoms with Crippen LogP contribution in [0.1, 0.15) is 15.9 Å². The lowest BCUT2D eigenvalue weighted by molar-refractivity contribution is 0.0952. The van der Waals surface area contributed by atoms with Crippen molar-refractivity contribution < 1.29 is 4.79 Å². The molecule has 1 amide bonds. The monoisotopic (exact) mass is 438 g/mol. The van der Waals surface area contributed by atoms with Gasteiger partial charge in [0.2, 0.25) is 0 Å². The van der Waals surface area contributed by atoms with Crippen LogP contribution in [0, 0.1) is 0 Å². The van der Waals surface area contributed by atoms with E-state index in [0.29, 0.717) is 27.2 Å². The lowest BCUT2D eigenvalue weighted by atomic mass is 10.1. The molecule has 3 nitrogen and oxygen atoms in total. The number of nitrogens with one attached hydrogen (secondary N) is 1. The predicted molar refractivity (Wildman–Crippen MR) is 120 cm³/mol. The van der Waals surface area contributed by atoms with E-state index in [4.69, 9.17) is 28.2 Å². The van der Waals surface area contributed by atoms with E-state index < -0.39 is 0 Å². The molecule has 0 atom stereocenters. The minimum atomic E-state index is -0.153. The largest absolute Gasteiger partial charge is 0.348 e. The summed E-state index contributed by atoms with van der Waals surface area (Å²) in [5.74, 6) is -0.153. The molecule has 0 aliphatic heterocycles. The minimum Gasteiger partial charge on any atom is -0.348 e. The van der Waals surface area contributed by atoms with Gasteiger partial charge in [-0.1, -0.05) is 77.4 Å². The molecule has 1 N–H and O–H groups in total. The van der Waals surface area contributed by atoms with Gasteiger partial charge in [-0.3, -0.25) is 4.79 Å². The zero-order valence-electron chi connectivity index (χ0n) is 15.2. The van der Waals surface area contributed by atoms with Gasteiger partial charge < -0.3 is 5.32 Å². The molecule has 6 heteroatoms. The third-order valence-electron chi connectivity index (χ3n) is 4.35. The molecule has 0 fully saturated rings. The fraction of sp³-hybridized carbons (Fsp3) is 0.0435. The number of fused-ring (bicyclic) bond motifs is 1. The molecule has 0 saturated carbocycles. The molecule has 0 aliphatic rings. The van der Waals surface area contributed by atoms with Gasteiger partial charge >= 0.3 is 0 Å². The SMILES string of the molecule is O=C(NCc1ccc(Cl)cc1)c1cc(Sc2ccccc2Cl)nc2ccccc12. The average Bonchev–Trinajstić information content (AvgIpc) is 2.74. The number of hydrogen-bond acceptors (Lipinski definition) is 3. The smallest absolute Gasteiger partial charge is 0.252 e. The van der Waals surface area contributed by atoms with Gasteiger partial charge in [0.15, 0.2) is 0 Å². The highest BCUT2D eigenvalue weighted by molar-refractivity contribution is 7.99. The van der Waals surface area contributed by atoms with Gasteiger partial charge in [0, 0.05) is 21.8 Å². The standard InChI is InChI=1S/C23H16Cl2N2OS/c24-16-11-9-15(10-12-16)14-26-23(28)18-13-22(27-20-7-3-1-5-17(18)20)29-21-8-4-2-6-19(21)25/h1-13H,14H2,(H,26,28). The summed E-state index contributed by atoms with van der Waals surface area (Å²) in [6, 6.07) is 24.4.